The van der Waals surface area contributed by atoms with Crippen LogP contribution < -0.4 is 10.2 Å². The molecule has 3 aliphatic heterocycles. The summed E-state index contributed by atoms with van der Waals surface area (Å²) in [4.78, 5) is 33.8. The zero-order valence-corrected chi connectivity index (χ0v) is 17.1. The molecule has 0 aliphatic carbocycles. The number of aromatic nitrogens is 1. The summed E-state index contributed by atoms with van der Waals surface area (Å²) >= 11 is 0. The monoisotopic (exact) mass is 402 g/mol. The molecule has 3 saturated heterocycles. The fourth-order valence-electron chi connectivity index (χ4n) is 4.83. The predicted molar refractivity (Wildman–Crippen MR) is 109 cm³/mol. The molecule has 0 unspecified atom stereocenters. The van der Waals surface area contributed by atoms with Gasteiger partial charge in [-0.15, -0.1) is 0 Å². The number of amides is 2. The van der Waals surface area contributed by atoms with Crippen molar-refractivity contribution < 1.29 is 19.1 Å². The Hall–Kier alpha value is -2.35. The van der Waals surface area contributed by atoms with Gasteiger partial charge in [0.25, 0.3) is 0 Å². The van der Waals surface area contributed by atoms with Gasteiger partial charge in [-0.05, 0) is 51.2 Å². The Morgan fingerprint density at radius 3 is 2.86 bits per heavy atom. The Labute approximate surface area is 171 Å². The summed E-state index contributed by atoms with van der Waals surface area (Å²) in [5.74, 6) is 1.16. The highest BCUT2D eigenvalue weighted by Gasteiger charge is 2.50. The lowest BCUT2D eigenvalue weighted by molar-refractivity contribution is -0.139. The van der Waals surface area contributed by atoms with Crippen molar-refractivity contribution in [3.05, 3.63) is 18.3 Å². The number of ether oxygens (including phenoxy) is 2. The van der Waals surface area contributed by atoms with E-state index in [0.717, 1.165) is 64.2 Å². The van der Waals surface area contributed by atoms with Gasteiger partial charge in [0.05, 0.1) is 23.9 Å². The van der Waals surface area contributed by atoms with Crippen molar-refractivity contribution in [2.45, 2.75) is 45.1 Å². The summed E-state index contributed by atoms with van der Waals surface area (Å²) < 4.78 is 10.4. The second-order valence-corrected chi connectivity index (χ2v) is 8.15. The van der Waals surface area contributed by atoms with Gasteiger partial charge >= 0.3 is 6.09 Å². The number of hydrogen-bond donors (Lipinski definition) is 1. The molecular weight excluding hydrogens is 372 g/mol. The van der Waals surface area contributed by atoms with Crippen LogP contribution in [0.4, 0.5) is 16.3 Å². The van der Waals surface area contributed by atoms with E-state index in [1.165, 1.54) is 0 Å². The van der Waals surface area contributed by atoms with Crippen molar-refractivity contribution in [2.24, 2.45) is 5.41 Å². The molecule has 0 bridgehead atoms. The highest BCUT2D eigenvalue weighted by molar-refractivity contribution is 5.86. The van der Waals surface area contributed by atoms with E-state index >= 15 is 0 Å². The Morgan fingerprint density at radius 1 is 1.31 bits per heavy atom. The van der Waals surface area contributed by atoms with E-state index in [2.05, 4.69) is 20.1 Å². The van der Waals surface area contributed by atoms with Gasteiger partial charge in [0.2, 0.25) is 5.91 Å². The maximum atomic E-state index is 13.4. The van der Waals surface area contributed by atoms with E-state index in [1.807, 2.05) is 12.1 Å². The largest absolute Gasteiger partial charge is 0.450 e. The number of piperidine rings is 1. The number of rotatable bonds is 4. The van der Waals surface area contributed by atoms with Gasteiger partial charge in [0.1, 0.15) is 5.82 Å². The minimum absolute atomic E-state index is 0.292. The molecule has 8 heteroatoms. The molecule has 1 spiro atoms. The molecule has 0 saturated carbocycles. The lowest BCUT2D eigenvalue weighted by Gasteiger charge is -2.40. The minimum atomic E-state index is -0.483. The SMILES string of the molecule is CCOC(=O)Nc1ccc(N2CCC[C@]3(CCN(C4CCOCC4)C3=O)C2)nc1. The zero-order valence-electron chi connectivity index (χ0n) is 17.1. The standard InChI is InChI=1S/C21H30N4O4/c1-2-29-20(27)23-16-4-5-18(22-14-16)24-10-3-8-21(15-24)9-11-25(19(21)26)17-6-12-28-13-7-17/h4-5,14,17H,2-3,6-13,15H2,1H3,(H,23,27)/t21-/m0/s1. The van der Waals surface area contributed by atoms with Crippen molar-refractivity contribution in [3.8, 4) is 0 Å². The van der Waals surface area contributed by atoms with Crippen LogP contribution in [0.5, 0.6) is 0 Å². The first kappa shape index (κ1) is 19.9. The highest BCUT2D eigenvalue weighted by atomic mass is 16.5. The van der Waals surface area contributed by atoms with Crippen LogP contribution in [0.3, 0.4) is 0 Å². The van der Waals surface area contributed by atoms with Crippen molar-refractivity contribution >= 4 is 23.5 Å². The molecule has 4 rings (SSSR count). The summed E-state index contributed by atoms with van der Waals surface area (Å²) in [5, 5.41) is 2.66. The molecule has 1 atom stereocenters. The van der Waals surface area contributed by atoms with Crippen molar-refractivity contribution in [1.82, 2.24) is 9.88 Å². The van der Waals surface area contributed by atoms with Crippen LogP contribution in [0.25, 0.3) is 0 Å². The summed E-state index contributed by atoms with van der Waals surface area (Å²) in [5.41, 5.74) is 0.307. The molecule has 1 aromatic rings. The van der Waals surface area contributed by atoms with Crippen LogP contribution >= 0.6 is 0 Å². The van der Waals surface area contributed by atoms with Crippen LogP contribution in [-0.2, 0) is 14.3 Å². The molecule has 1 N–H and O–H groups in total. The average molecular weight is 402 g/mol. The smallest absolute Gasteiger partial charge is 0.411 e. The lowest BCUT2D eigenvalue weighted by atomic mass is 9.78. The Kier molecular flexibility index (Phi) is 5.89. The fraction of sp³-hybridized carbons (Fsp3) is 0.667. The number of nitrogens with zero attached hydrogens (tertiary/aromatic N) is 3. The second kappa shape index (κ2) is 8.57. The van der Waals surface area contributed by atoms with Crippen LogP contribution in [0, 0.1) is 5.41 Å². The molecule has 1 aromatic heterocycles. The van der Waals surface area contributed by atoms with E-state index < -0.39 is 6.09 Å². The second-order valence-electron chi connectivity index (χ2n) is 8.15. The van der Waals surface area contributed by atoms with Gasteiger partial charge in [0, 0.05) is 38.9 Å². The Balaban J connectivity index is 1.41. The van der Waals surface area contributed by atoms with Crippen molar-refractivity contribution in [1.29, 1.82) is 0 Å². The number of nitrogens with one attached hydrogen (secondary N) is 1. The number of likely N-dealkylation sites (tertiary alicyclic amines) is 1. The Bertz CT molecular complexity index is 735. The fourth-order valence-corrected chi connectivity index (χ4v) is 4.83. The minimum Gasteiger partial charge on any atom is -0.450 e. The molecule has 3 aliphatic rings. The van der Waals surface area contributed by atoms with Gasteiger partial charge in [-0.3, -0.25) is 10.1 Å². The molecule has 8 nitrogen and oxygen atoms in total. The van der Waals surface area contributed by atoms with E-state index in [1.54, 1.807) is 13.1 Å². The van der Waals surface area contributed by atoms with Crippen LogP contribution in [-0.4, -0.2) is 67.4 Å². The quantitative estimate of drug-likeness (QED) is 0.834. The predicted octanol–water partition coefficient (Wildman–Crippen LogP) is 2.65. The van der Waals surface area contributed by atoms with Gasteiger partial charge in [-0.2, -0.15) is 0 Å². The average Bonchev–Trinajstić information content (AvgIpc) is 3.05. The molecule has 0 radical (unpaired) electrons. The summed E-state index contributed by atoms with van der Waals surface area (Å²) in [7, 11) is 0. The topological polar surface area (TPSA) is 84.0 Å². The maximum absolute atomic E-state index is 13.4. The number of carbonyl (C=O) groups excluding carboxylic acids is 2. The van der Waals surface area contributed by atoms with E-state index in [-0.39, 0.29) is 5.41 Å². The van der Waals surface area contributed by atoms with Crippen LogP contribution in [0.15, 0.2) is 18.3 Å². The van der Waals surface area contributed by atoms with E-state index in [4.69, 9.17) is 9.47 Å². The molecule has 0 aromatic carbocycles. The third-order valence-electron chi connectivity index (χ3n) is 6.35. The van der Waals surface area contributed by atoms with Gasteiger partial charge in [-0.1, -0.05) is 0 Å². The summed E-state index contributed by atoms with van der Waals surface area (Å²) in [6.45, 7) is 6.06. The molecule has 29 heavy (non-hydrogen) atoms. The van der Waals surface area contributed by atoms with Crippen molar-refractivity contribution in [3.63, 3.8) is 0 Å². The molecular formula is C21H30N4O4. The van der Waals surface area contributed by atoms with Crippen LogP contribution in [0.1, 0.15) is 39.0 Å². The molecule has 158 valence electrons. The van der Waals surface area contributed by atoms with Gasteiger partial charge in [-0.25, -0.2) is 9.78 Å². The third-order valence-corrected chi connectivity index (χ3v) is 6.35. The zero-order chi connectivity index (χ0) is 20.3. The van der Waals surface area contributed by atoms with E-state index in [9.17, 15) is 9.59 Å². The maximum Gasteiger partial charge on any atom is 0.411 e. The van der Waals surface area contributed by atoms with Gasteiger partial charge < -0.3 is 19.3 Å². The lowest BCUT2D eigenvalue weighted by Crippen LogP contribution is -2.50. The van der Waals surface area contributed by atoms with Gasteiger partial charge in [0.15, 0.2) is 0 Å². The van der Waals surface area contributed by atoms with E-state index in [0.29, 0.717) is 30.8 Å². The van der Waals surface area contributed by atoms with Crippen LogP contribution in [0.2, 0.25) is 0 Å². The summed E-state index contributed by atoms with van der Waals surface area (Å²) in [6, 6.07) is 4.05. The highest BCUT2D eigenvalue weighted by Crippen LogP contribution is 2.42. The number of hydrogen-bond acceptors (Lipinski definition) is 6. The third kappa shape index (κ3) is 4.17. The number of pyridine rings is 1. The Morgan fingerprint density at radius 2 is 2.14 bits per heavy atom. The molecule has 2 amide bonds. The molecule has 3 fully saturated rings. The normalized spacial score (nSPS) is 25.5. The summed E-state index contributed by atoms with van der Waals surface area (Å²) in [6.07, 6.45) is 5.90. The molecule has 4 heterocycles. The first-order chi connectivity index (χ1) is 14.1. The number of carbonyl (C=O) groups is 2. The number of anilines is 2. The first-order valence-electron chi connectivity index (χ1n) is 10.6. The first-order valence-corrected chi connectivity index (χ1v) is 10.6. The van der Waals surface area contributed by atoms with Crippen molar-refractivity contribution in [2.75, 3.05) is 49.7 Å².